The molecule has 0 aliphatic carbocycles. The van der Waals surface area contributed by atoms with Gasteiger partial charge in [-0.05, 0) is 44.4 Å². The van der Waals surface area contributed by atoms with Crippen LogP contribution < -0.4 is 16.5 Å². The Morgan fingerprint density at radius 1 is 1.37 bits per heavy atom. The highest BCUT2D eigenvalue weighted by Crippen LogP contribution is 2.26. The Hall–Kier alpha value is -1.75. The highest BCUT2D eigenvalue weighted by Gasteiger charge is 2.30. The predicted molar refractivity (Wildman–Crippen MR) is 76.7 cm³/mol. The van der Waals surface area contributed by atoms with E-state index >= 15 is 0 Å². The number of hydrazine groups is 1. The second-order valence-electron chi connectivity index (χ2n) is 5.52. The van der Waals surface area contributed by atoms with Crippen LogP contribution in [0, 0.1) is 6.92 Å². The van der Waals surface area contributed by atoms with Crippen LogP contribution in [-0.2, 0) is 0 Å². The first-order valence-electron chi connectivity index (χ1n) is 6.63. The number of urea groups is 1. The SMILES string of the molecule is Cc1cccc(NC2(C)CCN(NC(N)=O)CC2)c1. The number of rotatable bonds is 3. The predicted octanol–water partition coefficient (Wildman–Crippen LogP) is 1.84. The van der Waals surface area contributed by atoms with Gasteiger partial charge in [0.15, 0.2) is 0 Å². The monoisotopic (exact) mass is 262 g/mol. The Bertz CT molecular complexity index is 453. The van der Waals surface area contributed by atoms with Gasteiger partial charge in [0.05, 0.1) is 0 Å². The molecule has 1 aromatic carbocycles. The molecule has 0 saturated carbocycles. The molecule has 1 saturated heterocycles. The Morgan fingerprint density at radius 2 is 2.05 bits per heavy atom. The molecule has 0 bridgehead atoms. The van der Waals surface area contributed by atoms with Crippen molar-refractivity contribution in [1.82, 2.24) is 10.4 Å². The molecule has 0 aromatic heterocycles. The molecule has 104 valence electrons. The highest BCUT2D eigenvalue weighted by molar-refractivity contribution is 5.70. The van der Waals surface area contributed by atoms with Gasteiger partial charge in [0, 0.05) is 24.3 Å². The minimum atomic E-state index is -0.491. The fourth-order valence-corrected chi connectivity index (χ4v) is 2.46. The van der Waals surface area contributed by atoms with Crippen LogP contribution >= 0.6 is 0 Å². The summed E-state index contributed by atoms with van der Waals surface area (Å²) in [6, 6.07) is 7.90. The van der Waals surface area contributed by atoms with Crippen LogP contribution in [0.2, 0.25) is 0 Å². The third kappa shape index (κ3) is 3.86. The smallest absolute Gasteiger partial charge is 0.326 e. The second-order valence-corrected chi connectivity index (χ2v) is 5.52. The summed E-state index contributed by atoms with van der Waals surface area (Å²) < 4.78 is 0. The topological polar surface area (TPSA) is 70.4 Å². The summed E-state index contributed by atoms with van der Waals surface area (Å²) in [6.07, 6.45) is 1.92. The molecule has 2 amide bonds. The lowest BCUT2D eigenvalue weighted by molar-refractivity contribution is 0.133. The lowest BCUT2D eigenvalue weighted by atomic mass is 9.90. The minimum absolute atomic E-state index is 0.0591. The summed E-state index contributed by atoms with van der Waals surface area (Å²) >= 11 is 0. The number of nitrogens with two attached hydrogens (primary N) is 1. The van der Waals surface area contributed by atoms with E-state index in [4.69, 9.17) is 5.73 Å². The zero-order valence-electron chi connectivity index (χ0n) is 11.6. The van der Waals surface area contributed by atoms with Crippen molar-refractivity contribution in [3.63, 3.8) is 0 Å². The molecular weight excluding hydrogens is 240 g/mol. The average Bonchev–Trinajstić information content (AvgIpc) is 2.32. The van der Waals surface area contributed by atoms with Crippen LogP contribution in [0.1, 0.15) is 25.3 Å². The first-order valence-corrected chi connectivity index (χ1v) is 6.63. The Kier molecular flexibility index (Phi) is 3.95. The van der Waals surface area contributed by atoms with Crippen molar-refractivity contribution in [3.8, 4) is 0 Å². The van der Waals surface area contributed by atoms with Gasteiger partial charge in [0.25, 0.3) is 0 Å². The number of benzene rings is 1. The molecule has 1 aliphatic heterocycles. The molecule has 1 heterocycles. The van der Waals surface area contributed by atoms with Crippen LogP contribution in [0.5, 0.6) is 0 Å². The number of hydrogen-bond donors (Lipinski definition) is 3. The molecule has 0 spiro atoms. The van der Waals surface area contributed by atoms with Gasteiger partial charge in [-0.3, -0.25) is 5.43 Å². The van der Waals surface area contributed by atoms with Crippen molar-refractivity contribution < 1.29 is 4.79 Å². The number of nitrogens with zero attached hydrogens (tertiary/aromatic N) is 1. The average molecular weight is 262 g/mol. The first kappa shape index (κ1) is 13.7. The number of primary amides is 1. The zero-order valence-corrected chi connectivity index (χ0v) is 11.6. The molecule has 5 nitrogen and oxygen atoms in total. The minimum Gasteiger partial charge on any atom is -0.380 e. The summed E-state index contributed by atoms with van der Waals surface area (Å²) in [5.74, 6) is 0. The Balaban J connectivity index is 1.93. The van der Waals surface area contributed by atoms with E-state index < -0.39 is 6.03 Å². The number of amides is 2. The van der Waals surface area contributed by atoms with Gasteiger partial charge < -0.3 is 11.1 Å². The number of hydrogen-bond acceptors (Lipinski definition) is 3. The number of nitrogens with one attached hydrogen (secondary N) is 2. The quantitative estimate of drug-likeness (QED) is 0.778. The van der Waals surface area contributed by atoms with E-state index in [1.807, 2.05) is 5.01 Å². The molecule has 0 atom stereocenters. The van der Waals surface area contributed by atoms with Crippen LogP contribution in [-0.4, -0.2) is 29.7 Å². The van der Waals surface area contributed by atoms with E-state index in [2.05, 4.69) is 48.9 Å². The fourth-order valence-electron chi connectivity index (χ4n) is 2.46. The third-order valence-corrected chi connectivity index (χ3v) is 3.60. The van der Waals surface area contributed by atoms with Gasteiger partial charge in [-0.25, -0.2) is 9.80 Å². The number of aryl methyl sites for hydroxylation is 1. The highest BCUT2D eigenvalue weighted by atomic mass is 16.2. The Labute approximate surface area is 114 Å². The van der Waals surface area contributed by atoms with E-state index in [0.717, 1.165) is 31.6 Å². The molecule has 4 N–H and O–H groups in total. The van der Waals surface area contributed by atoms with Gasteiger partial charge in [0.1, 0.15) is 0 Å². The molecule has 0 unspecified atom stereocenters. The van der Waals surface area contributed by atoms with Gasteiger partial charge in [0.2, 0.25) is 0 Å². The van der Waals surface area contributed by atoms with E-state index in [-0.39, 0.29) is 5.54 Å². The molecule has 1 aromatic rings. The van der Waals surface area contributed by atoms with Crippen molar-refractivity contribution in [1.29, 1.82) is 0 Å². The second kappa shape index (κ2) is 5.48. The third-order valence-electron chi connectivity index (χ3n) is 3.60. The van der Waals surface area contributed by atoms with Crippen molar-refractivity contribution >= 4 is 11.7 Å². The summed E-state index contributed by atoms with van der Waals surface area (Å²) in [6.45, 7) is 5.92. The maximum atomic E-state index is 10.8. The number of anilines is 1. The number of piperidine rings is 1. The first-order chi connectivity index (χ1) is 8.97. The summed E-state index contributed by atoms with van der Waals surface area (Å²) in [5, 5.41) is 5.48. The summed E-state index contributed by atoms with van der Waals surface area (Å²) in [7, 11) is 0. The maximum absolute atomic E-state index is 10.8. The van der Waals surface area contributed by atoms with Crippen molar-refractivity contribution in [3.05, 3.63) is 29.8 Å². The largest absolute Gasteiger partial charge is 0.380 e. The van der Waals surface area contributed by atoms with Crippen LogP contribution in [0.3, 0.4) is 0 Å². The molecule has 1 fully saturated rings. The van der Waals surface area contributed by atoms with E-state index in [0.29, 0.717) is 0 Å². The van der Waals surface area contributed by atoms with Crippen LogP contribution in [0.25, 0.3) is 0 Å². The number of carbonyl (C=O) groups excluding carboxylic acids is 1. The lowest BCUT2D eigenvalue weighted by Gasteiger charge is -2.40. The maximum Gasteiger partial charge on any atom is 0.326 e. The van der Waals surface area contributed by atoms with Crippen molar-refractivity contribution in [2.45, 2.75) is 32.2 Å². The molecular formula is C14H22N4O. The molecule has 19 heavy (non-hydrogen) atoms. The molecule has 2 rings (SSSR count). The molecule has 1 aliphatic rings. The fraction of sp³-hybridized carbons (Fsp3) is 0.500. The van der Waals surface area contributed by atoms with Gasteiger partial charge in [-0.2, -0.15) is 0 Å². The van der Waals surface area contributed by atoms with Crippen LogP contribution in [0.4, 0.5) is 10.5 Å². The van der Waals surface area contributed by atoms with Crippen molar-refractivity contribution in [2.75, 3.05) is 18.4 Å². The van der Waals surface area contributed by atoms with E-state index in [1.165, 1.54) is 5.56 Å². The van der Waals surface area contributed by atoms with Gasteiger partial charge >= 0.3 is 6.03 Å². The van der Waals surface area contributed by atoms with Crippen LogP contribution in [0.15, 0.2) is 24.3 Å². The van der Waals surface area contributed by atoms with Gasteiger partial charge in [-0.1, -0.05) is 12.1 Å². The lowest BCUT2D eigenvalue weighted by Crippen LogP contribution is -2.54. The number of carbonyl (C=O) groups is 1. The standard InChI is InChI=1S/C14H22N4O/c1-11-4-3-5-12(10-11)16-14(2)6-8-18(9-7-14)17-13(15)19/h3-5,10,16H,6-9H2,1-2H3,(H3,15,17,19). The van der Waals surface area contributed by atoms with E-state index in [1.54, 1.807) is 0 Å². The van der Waals surface area contributed by atoms with Gasteiger partial charge in [-0.15, -0.1) is 0 Å². The van der Waals surface area contributed by atoms with E-state index in [9.17, 15) is 4.79 Å². The molecule has 5 heteroatoms. The Morgan fingerprint density at radius 3 is 2.63 bits per heavy atom. The molecule has 0 radical (unpaired) electrons. The zero-order chi connectivity index (χ0) is 13.9. The summed E-state index contributed by atoms with van der Waals surface area (Å²) in [5.41, 5.74) is 10.2. The summed E-state index contributed by atoms with van der Waals surface area (Å²) in [4.78, 5) is 10.8. The normalized spacial score (nSPS) is 18.8. The van der Waals surface area contributed by atoms with Crippen molar-refractivity contribution in [2.24, 2.45) is 5.73 Å².